The molecule has 2 atom stereocenters. The molecule has 0 saturated carbocycles. The maximum absolute atomic E-state index is 6.36. The lowest BCUT2D eigenvalue weighted by atomic mass is 9.89. The Balaban J connectivity index is 2.38. The molecular weight excluding hydrogens is 240 g/mol. The first-order chi connectivity index (χ1) is 8.74. The first kappa shape index (κ1) is 13.3. The third-order valence-corrected chi connectivity index (χ3v) is 4.31. The van der Waals surface area contributed by atoms with Crippen molar-refractivity contribution in [1.29, 1.82) is 0 Å². The second-order valence-corrected chi connectivity index (χ2v) is 5.53. The number of hydrogen-bond acceptors (Lipinski definition) is 3. The van der Waals surface area contributed by atoms with E-state index in [0.717, 1.165) is 6.54 Å². The fraction of sp³-hybridized carbons (Fsp3) is 0.333. The Morgan fingerprint density at radius 3 is 2.50 bits per heavy atom. The summed E-state index contributed by atoms with van der Waals surface area (Å²) in [5.41, 5.74) is 9.00. The van der Waals surface area contributed by atoms with Gasteiger partial charge in [-0.1, -0.05) is 30.3 Å². The minimum absolute atomic E-state index is 0.0924. The predicted octanol–water partition coefficient (Wildman–Crippen LogP) is 2.74. The van der Waals surface area contributed by atoms with Crippen LogP contribution in [0.15, 0.2) is 41.8 Å². The highest BCUT2D eigenvalue weighted by Crippen LogP contribution is 2.33. The third kappa shape index (κ3) is 2.80. The smallest absolute Gasteiger partial charge is 0.0350 e. The van der Waals surface area contributed by atoms with Gasteiger partial charge < -0.3 is 11.1 Å². The molecule has 3 N–H and O–H groups in total. The minimum atomic E-state index is 0.0924. The van der Waals surface area contributed by atoms with Crippen LogP contribution in [0.2, 0.25) is 0 Å². The lowest BCUT2D eigenvalue weighted by Gasteiger charge is -2.24. The van der Waals surface area contributed by atoms with Crippen LogP contribution in [0.25, 0.3) is 0 Å². The highest BCUT2D eigenvalue weighted by molar-refractivity contribution is 7.10. The van der Waals surface area contributed by atoms with Crippen molar-refractivity contribution in [3.63, 3.8) is 0 Å². The molecule has 0 aliphatic carbocycles. The van der Waals surface area contributed by atoms with Crippen LogP contribution in [-0.4, -0.2) is 19.6 Å². The Morgan fingerprint density at radius 1 is 1.22 bits per heavy atom. The molecule has 1 aromatic carbocycles. The molecule has 2 nitrogen and oxygen atoms in total. The van der Waals surface area contributed by atoms with E-state index in [0.29, 0.717) is 0 Å². The Bertz CT molecular complexity index is 478. The standard InChI is InChI=1S/C15H20N2S/c1-11-8-9-18-15(11)14(13(16)10-17-2)12-6-4-3-5-7-12/h3-9,13-14,17H,10,16H2,1-2H3. The van der Waals surface area contributed by atoms with Gasteiger partial charge in [-0.15, -0.1) is 11.3 Å². The van der Waals surface area contributed by atoms with E-state index in [-0.39, 0.29) is 12.0 Å². The van der Waals surface area contributed by atoms with E-state index < -0.39 is 0 Å². The van der Waals surface area contributed by atoms with E-state index in [2.05, 4.69) is 48.0 Å². The molecule has 0 radical (unpaired) electrons. The fourth-order valence-corrected chi connectivity index (χ4v) is 3.44. The number of likely N-dealkylation sites (N-methyl/N-ethyl adjacent to an activating group) is 1. The first-order valence-corrected chi connectivity index (χ1v) is 7.11. The zero-order chi connectivity index (χ0) is 13.0. The molecule has 0 bridgehead atoms. The Hall–Kier alpha value is -1.16. The van der Waals surface area contributed by atoms with Crippen molar-refractivity contribution in [3.05, 3.63) is 57.8 Å². The van der Waals surface area contributed by atoms with Gasteiger partial charge in [-0.2, -0.15) is 0 Å². The summed E-state index contributed by atoms with van der Waals surface area (Å²) in [5, 5.41) is 5.32. The van der Waals surface area contributed by atoms with Crippen molar-refractivity contribution in [2.45, 2.75) is 18.9 Å². The average Bonchev–Trinajstić information content (AvgIpc) is 2.78. The summed E-state index contributed by atoms with van der Waals surface area (Å²) in [4.78, 5) is 1.38. The molecule has 0 saturated heterocycles. The van der Waals surface area contributed by atoms with Gasteiger partial charge in [0, 0.05) is 23.4 Å². The number of thiophene rings is 1. The second kappa shape index (κ2) is 6.14. The van der Waals surface area contributed by atoms with E-state index in [4.69, 9.17) is 5.73 Å². The fourth-order valence-electron chi connectivity index (χ4n) is 2.31. The number of aryl methyl sites for hydroxylation is 1. The van der Waals surface area contributed by atoms with Crippen molar-refractivity contribution >= 4 is 11.3 Å². The zero-order valence-electron chi connectivity index (χ0n) is 10.9. The molecular formula is C15H20N2S. The van der Waals surface area contributed by atoms with Gasteiger partial charge >= 0.3 is 0 Å². The van der Waals surface area contributed by atoms with Gasteiger partial charge in [0.15, 0.2) is 0 Å². The van der Waals surface area contributed by atoms with Crippen molar-refractivity contribution < 1.29 is 0 Å². The molecule has 2 rings (SSSR count). The van der Waals surface area contributed by atoms with Crippen molar-refractivity contribution in [2.24, 2.45) is 5.73 Å². The molecule has 0 aliphatic heterocycles. The van der Waals surface area contributed by atoms with E-state index in [1.165, 1.54) is 16.0 Å². The zero-order valence-corrected chi connectivity index (χ0v) is 11.7. The van der Waals surface area contributed by atoms with Crippen molar-refractivity contribution in [2.75, 3.05) is 13.6 Å². The van der Waals surface area contributed by atoms with Gasteiger partial charge in [0.2, 0.25) is 0 Å². The summed E-state index contributed by atoms with van der Waals surface area (Å²) in [6, 6.07) is 12.8. The highest BCUT2D eigenvalue weighted by Gasteiger charge is 2.23. The summed E-state index contributed by atoms with van der Waals surface area (Å²) in [7, 11) is 1.95. The number of hydrogen-bond donors (Lipinski definition) is 2. The van der Waals surface area contributed by atoms with Gasteiger partial charge in [0.1, 0.15) is 0 Å². The molecule has 2 unspecified atom stereocenters. The molecule has 1 aromatic heterocycles. The van der Waals surface area contributed by atoms with Crippen LogP contribution in [-0.2, 0) is 0 Å². The van der Waals surface area contributed by atoms with Gasteiger partial charge in [-0.3, -0.25) is 0 Å². The van der Waals surface area contributed by atoms with Crippen molar-refractivity contribution in [1.82, 2.24) is 5.32 Å². The monoisotopic (exact) mass is 260 g/mol. The Kier molecular flexibility index (Phi) is 4.53. The molecule has 3 heteroatoms. The maximum atomic E-state index is 6.36. The normalized spacial score (nSPS) is 14.4. The van der Waals surface area contributed by atoms with E-state index in [9.17, 15) is 0 Å². The topological polar surface area (TPSA) is 38.0 Å². The maximum Gasteiger partial charge on any atom is 0.0350 e. The molecule has 0 fully saturated rings. The molecule has 0 spiro atoms. The Morgan fingerprint density at radius 2 is 1.94 bits per heavy atom. The minimum Gasteiger partial charge on any atom is -0.326 e. The third-order valence-electron chi connectivity index (χ3n) is 3.21. The number of benzene rings is 1. The van der Waals surface area contributed by atoms with Crippen LogP contribution in [0.4, 0.5) is 0 Å². The highest BCUT2D eigenvalue weighted by atomic mass is 32.1. The van der Waals surface area contributed by atoms with Crippen LogP contribution in [0, 0.1) is 6.92 Å². The van der Waals surface area contributed by atoms with Crippen molar-refractivity contribution in [3.8, 4) is 0 Å². The summed E-state index contributed by atoms with van der Waals surface area (Å²) >= 11 is 1.80. The summed E-state index contributed by atoms with van der Waals surface area (Å²) in [6.07, 6.45) is 0. The van der Waals surface area contributed by atoms with Gasteiger partial charge in [-0.05, 0) is 36.5 Å². The number of nitrogens with two attached hydrogens (primary N) is 1. The Labute approximate surface area is 113 Å². The van der Waals surface area contributed by atoms with Crippen LogP contribution in [0.3, 0.4) is 0 Å². The van der Waals surface area contributed by atoms with Crippen LogP contribution in [0.1, 0.15) is 21.9 Å². The largest absolute Gasteiger partial charge is 0.326 e. The van der Waals surface area contributed by atoms with Gasteiger partial charge in [0.05, 0.1) is 0 Å². The number of nitrogens with one attached hydrogen (secondary N) is 1. The molecule has 2 aromatic rings. The van der Waals surface area contributed by atoms with Crippen LogP contribution < -0.4 is 11.1 Å². The lowest BCUT2D eigenvalue weighted by Crippen LogP contribution is -2.37. The summed E-state index contributed by atoms with van der Waals surface area (Å²) in [5.74, 6) is 0.277. The molecule has 0 amide bonds. The van der Waals surface area contributed by atoms with E-state index >= 15 is 0 Å². The molecule has 18 heavy (non-hydrogen) atoms. The van der Waals surface area contributed by atoms with Gasteiger partial charge in [0.25, 0.3) is 0 Å². The SMILES string of the molecule is CNCC(N)C(c1ccccc1)c1sccc1C. The number of rotatable bonds is 5. The van der Waals surface area contributed by atoms with E-state index in [1.807, 2.05) is 13.1 Å². The lowest BCUT2D eigenvalue weighted by molar-refractivity contribution is 0.563. The van der Waals surface area contributed by atoms with Crippen LogP contribution in [0.5, 0.6) is 0 Å². The summed E-state index contributed by atoms with van der Waals surface area (Å²) in [6.45, 7) is 2.98. The second-order valence-electron chi connectivity index (χ2n) is 4.58. The summed E-state index contributed by atoms with van der Waals surface area (Å²) < 4.78 is 0. The average molecular weight is 260 g/mol. The van der Waals surface area contributed by atoms with Gasteiger partial charge in [-0.25, -0.2) is 0 Å². The predicted molar refractivity (Wildman–Crippen MR) is 79.2 cm³/mol. The molecule has 0 aliphatic rings. The molecule has 96 valence electrons. The van der Waals surface area contributed by atoms with E-state index in [1.54, 1.807) is 11.3 Å². The molecule has 1 heterocycles. The first-order valence-electron chi connectivity index (χ1n) is 6.23. The van der Waals surface area contributed by atoms with Crippen LogP contribution >= 0.6 is 11.3 Å². The quantitative estimate of drug-likeness (QED) is 0.867.